The van der Waals surface area contributed by atoms with Crippen molar-refractivity contribution in [1.29, 1.82) is 0 Å². The molecule has 1 aromatic carbocycles. The van der Waals surface area contributed by atoms with Crippen molar-refractivity contribution in [2.24, 2.45) is 0 Å². The number of sulfonamides is 1. The molecule has 8 heteroatoms. The summed E-state index contributed by atoms with van der Waals surface area (Å²) in [7, 11) is -0.406. The number of hydrogen-bond acceptors (Lipinski definition) is 4. The lowest BCUT2D eigenvalue weighted by atomic mass is 10.2. The van der Waals surface area contributed by atoms with Crippen LogP contribution in [-0.2, 0) is 10.0 Å². The maximum absolute atomic E-state index is 12.0. The topological polar surface area (TPSA) is 105 Å². The highest BCUT2D eigenvalue weighted by Crippen LogP contribution is 2.15. The number of anilines is 1. The molecule has 0 bridgehead atoms. The third-order valence-corrected chi connectivity index (χ3v) is 3.92. The molecule has 0 atom stereocenters. The predicted octanol–water partition coefficient (Wildman–Crippen LogP) is 0.127. The van der Waals surface area contributed by atoms with Gasteiger partial charge in [0.2, 0.25) is 10.0 Å². The highest BCUT2D eigenvalue weighted by Gasteiger charge is 2.14. The maximum Gasteiger partial charge on any atom is 0.316 e. The summed E-state index contributed by atoms with van der Waals surface area (Å²) in [4.78, 5) is 12.7. The predicted molar refractivity (Wildman–Crippen MR) is 77.9 cm³/mol. The van der Waals surface area contributed by atoms with Crippen LogP contribution in [0.5, 0.6) is 0 Å². The number of nitrogens with one attached hydrogen (secondary N) is 2. The summed E-state index contributed by atoms with van der Waals surface area (Å²) in [6, 6.07) is 4.35. The molecule has 1 rings (SSSR count). The first-order valence-corrected chi connectivity index (χ1v) is 7.52. The molecule has 0 radical (unpaired) electrons. The van der Waals surface area contributed by atoms with E-state index in [0.29, 0.717) is 5.69 Å². The van der Waals surface area contributed by atoms with Crippen molar-refractivity contribution in [1.82, 2.24) is 14.9 Å². The molecule has 0 aliphatic rings. The minimum absolute atomic E-state index is 0.107. The normalized spacial score (nSPS) is 11.2. The minimum Gasteiger partial charge on any atom is -0.399 e. The number of carbonyl (C=O) groups is 1. The monoisotopic (exact) mass is 300 g/mol. The van der Waals surface area contributed by atoms with Crippen LogP contribution in [0.4, 0.5) is 10.5 Å². The van der Waals surface area contributed by atoms with Gasteiger partial charge in [-0.15, -0.1) is 0 Å². The second-order valence-electron chi connectivity index (χ2n) is 4.60. The van der Waals surface area contributed by atoms with Crippen molar-refractivity contribution in [2.75, 3.05) is 32.9 Å². The Balaban J connectivity index is 2.60. The molecule has 20 heavy (non-hydrogen) atoms. The van der Waals surface area contributed by atoms with Crippen LogP contribution in [0, 0.1) is 6.92 Å². The highest BCUT2D eigenvalue weighted by molar-refractivity contribution is 7.89. The number of hydrogen-bond donors (Lipinski definition) is 3. The van der Waals surface area contributed by atoms with Gasteiger partial charge < -0.3 is 16.0 Å². The zero-order valence-electron chi connectivity index (χ0n) is 11.8. The Labute approximate surface area is 119 Å². The molecular formula is C12H20N4O3S. The lowest BCUT2D eigenvalue weighted by molar-refractivity contribution is 0.217. The van der Waals surface area contributed by atoms with Gasteiger partial charge in [0.1, 0.15) is 0 Å². The van der Waals surface area contributed by atoms with Crippen molar-refractivity contribution in [2.45, 2.75) is 11.8 Å². The van der Waals surface area contributed by atoms with Gasteiger partial charge in [-0.25, -0.2) is 17.9 Å². The quantitative estimate of drug-likeness (QED) is 0.531. The van der Waals surface area contributed by atoms with Crippen molar-refractivity contribution < 1.29 is 13.2 Å². The molecule has 0 saturated heterocycles. The van der Waals surface area contributed by atoms with Gasteiger partial charge >= 0.3 is 6.03 Å². The first-order chi connectivity index (χ1) is 9.22. The van der Waals surface area contributed by atoms with Crippen LogP contribution in [0.2, 0.25) is 0 Å². The third kappa shape index (κ3) is 4.71. The van der Waals surface area contributed by atoms with Gasteiger partial charge in [-0.05, 0) is 30.7 Å². The smallest absolute Gasteiger partial charge is 0.316 e. The number of urea groups is 1. The number of nitrogen functional groups attached to an aromatic ring is 1. The van der Waals surface area contributed by atoms with E-state index >= 15 is 0 Å². The van der Waals surface area contributed by atoms with Crippen LogP contribution < -0.4 is 15.8 Å². The van der Waals surface area contributed by atoms with Gasteiger partial charge in [0.25, 0.3) is 0 Å². The lowest BCUT2D eigenvalue weighted by Crippen LogP contribution is -2.39. The van der Waals surface area contributed by atoms with Gasteiger partial charge in [-0.3, -0.25) is 0 Å². The van der Waals surface area contributed by atoms with Crippen LogP contribution in [0.15, 0.2) is 23.1 Å². The zero-order chi connectivity index (χ0) is 15.3. The van der Waals surface area contributed by atoms with Gasteiger partial charge in [0.15, 0.2) is 0 Å². The molecule has 112 valence electrons. The maximum atomic E-state index is 12.0. The Hall–Kier alpha value is -1.80. The average Bonchev–Trinajstić information content (AvgIpc) is 2.33. The van der Waals surface area contributed by atoms with Crippen LogP contribution in [0.1, 0.15) is 5.56 Å². The van der Waals surface area contributed by atoms with Crippen LogP contribution in [-0.4, -0.2) is 46.5 Å². The summed E-state index contributed by atoms with van der Waals surface area (Å²) in [5, 5.41) is 2.56. The fourth-order valence-corrected chi connectivity index (χ4v) is 2.70. The van der Waals surface area contributed by atoms with Gasteiger partial charge in [-0.1, -0.05) is 0 Å². The van der Waals surface area contributed by atoms with Gasteiger partial charge in [0, 0.05) is 32.9 Å². The molecule has 0 fully saturated rings. The Morgan fingerprint density at radius 2 is 1.90 bits per heavy atom. The fourth-order valence-electron chi connectivity index (χ4n) is 1.53. The Morgan fingerprint density at radius 3 is 2.45 bits per heavy atom. The SMILES string of the molecule is Cc1cc(N)cc(S(=O)(=O)NCCNC(=O)N(C)C)c1. The summed E-state index contributed by atoms with van der Waals surface area (Å²) in [5.74, 6) is 0. The zero-order valence-corrected chi connectivity index (χ0v) is 12.6. The molecule has 7 nitrogen and oxygen atoms in total. The molecule has 0 heterocycles. The van der Waals surface area contributed by atoms with Crippen molar-refractivity contribution in [3.63, 3.8) is 0 Å². The number of carbonyl (C=O) groups excluding carboxylic acids is 1. The van der Waals surface area contributed by atoms with Crippen molar-refractivity contribution in [3.05, 3.63) is 23.8 Å². The van der Waals surface area contributed by atoms with Crippen LogP contribution >= 0.6 is 0 Å². The third-order valence-electron chi connectivity index (χ3n) is 2.48. The summed E-state index contributed by atoms with van der Waals surface area (Å²) < 4.78 is 26.5. The van der Waals surface area contributed by atoms with E-state index in [1.54, 1.807) is 27.1 Å². The number of rotatable bonds is 5. The summed E-state index contributed by atoms with van der Waals surface area (Å²) >= 11 is 0. The minimum atomic E-state index is -3.62. The van der Waals surface area contributed by atoms with E-state index in [9.17, 15) is 13.2 Å². The van der Waals surface area contributed by atoms with E-state index in [1.807, 2.05) is 0 Å². The average molecular weight is 300 g/mol. The first-order valence-electron chi connectivity index (χ1n) is 6.04. The number of nitrogens with two attached hydrogens (primary N) is 1. The van der Waals surface area contributed by atoms with Crippen LogP contribution in [0.3, 0.4) is 0 Å². The van der Waals surface area contributed by atoms with Crippen molar-refractivity contribution >= 4 is 21.7 Å². The first kappa shape index (κ1) is 16.3. The van der Waals surface area contributed by atoms with Gasteiger partial charge in [0.05, 0.1) is 4.90 Å². The molecule has 0 spiro atoms. The van der Waals surface area contributed by atoms with E-state index in [4.69, 9.17) is 5.73 Å². The molecule has 1 aromatic rings. The Morgan fingerprint density at radius 1 is 1.25 bits per heavy atom. The standard InChI is InChI=1S/C12H20N4O3S/c1-9-6-10(13)8-11(7-9)20(18,19)15-5-4-14-12(17)16(2)3/h6-8,15H,4-5,13H2,1-3H3,(H,14,17). The second-order valence-corrected chi connectivity index (χ2v) is 6.37. The second kappa shape index (κ2) is 6.58. The highest BCUT2D eigenvalue weighted by atomic mass is 32.2. The Kier molecular flexibility index (Phi) is 5.34. The molecule has 0 unspecified atom stereocenters. The largest absolute Gasteiger partial charge is 0.399 e. The lowest BCUT2D eigenvalue weighted by Gasteiger charge is -2.12. The molecule has 4 N–H and O–H groups in total. The molecule has 2 amide bonds. The van der Waals surface area contributed by atoms with Crippen molar-refractivity contribution in [3.8, 4) is 0 Å². The van der Waals surface area contributed by atoms with E-state index in [1.165, 1.54) is 17.0 Å². The van der Waals surface area contributed by atoms with E-state index in [0.717, 1.165) is 5.56 Å². The molecular weight excluding hydrogens is 280 g/mol. The number of nitrogens with zero attached hydrogens (tertiary/aromatic N) is 1. The fraction of sp³-hybridized carbons (Fsp3) is 0.417. The van der Waals surface area contributed by atoms with E-state index in [-0.39, 0.29) is 24.0 Å². The molecule has 0 aliphatic heterocycles. The molecule has 0 aromatic heterocycles. The molecule has 0 saturated carbocycles. The van der Waals surface area contributed by atoms with Gasteiger partial charge in [-0.2, -0.15) is 0 Å². The number of aryl methyl sites for hydroxylation is 1. The van der Waals surface area contributed by atoms with Crippen LogP contribution in [0.25, 0.3) is 0 Å². The summed E-state index contributed by atoms with van der Waals surface area (Å²) in [6.45, 7) is 2.08. The summed E-state index contributed by atoms with van der Waals surface area (Å²) in [5.41, 5.74) is 6.79. The van der Waals surface area contributed by atoms with E-state index < -0.39 is 10.0 Å². The Bertz CT molecular complexity index is 564. The summed E-state index contributed by atoms with van der Waals surface area (Å²) in [6.07, 6.45) is 0. The van der Waals surface area contributed by atoms with E-state index in [2.05, 4.69) is 10.0 Å². The number of amides is 2. The molecule has 0 aliphatic carbocycles. The number of benzene rings is 1.